The minimum absolute atomic E-state index is 0. The number of hydrogen-bond acceptors (Lipinski definition) is 0. The van der Waals surface area contributed by atoms with Crippen molar-refractivity contribution < 1.29 is 51.1 Å². The van der Waals surface area contributed by atoms with Gasteiger partial charge in [-0.05, 0) is 12.0 Å². The predicted molar refractivity (Wildman–Crippen MR) is 74.4 cm³/mol. The van der Waals surface area contributed by atoms with Crippen LogP contribution in [0.5, 0.6) is 0 Å². The molecule has 3 rings (SSSR count). The van der Waals surface area contributed by atoms with Crippen LogP contribution in [0.3, 0.4) is 0 Å². The van der Waals surface area contributed by atoms with Gasteiger partial charge in [0.15, 0.2) is 0 Å². The van der Waals surface area contributed by atoms with Gasteiger partial charge in [0.1, 0.15) is 0 Å². The van der Waals surface area contributed by atoms with Crippen LogP contribution in [0.4, 0.5) is 0 Å². The molecular formula is C17H15BrClTi. The molecule has 3 aromatic rings. The van der Waals surface area contributed by atoms with Gasteiger partial charge in [0, 0.05) is 0 Å². The first-order valence-corrected chi connectivity index (χ1v) is 6.12. The van der Waals surface area contributed by atoms with Crippen LogP contribution in [0.15, 0.2) is 60.7 Å². The van der Waals surface area contributed by atoms with Crippen molar-refractivity contribution in [1.82, 2.24) is 0 Å². The summed E-state index contributed by atoms with van der Waals surface area (Å²) in [5.74, 6) is 0. The predicted octanol–water partition coefficient (Wildman–Crippen LogP) is -1.21. The van der Waals surface area contributed by atoms with Gasteiger partial charge in [-0.15, -0.1) is 34.5 Å². The molecule has 0 unspecified atom stereocenters. The maximum atomic E-state index is 2.32. The molecule has 0 heterocycles. The second-order valence-electron chi connectivity index (χ2n) is 4.39. The summed E-state index contributed by atoms with van der Waals surface area (Å²) in [5, 5.41) is 2.72. The van der Waals surface area contributed by atoms with Crippen LogP contribution in [0.2, 0.25) is 0 Å². The fourth-order valence-corrected chi connectivity index (χ4v) is 2.37. The molecule has 101 valence electrons. The van der Waals surface area contributed by atoms with Gasteiger partial charge >= 0.3 is 21.7 Å². The number of hydrogen-bond donors (Lipinski definition) is 0. The van der Waals surface area contributed by atoms with E-state index in [9.17, 15) is 0 Å². The van der Waals surface area contributed by atoms with E-state index in [4.69, 9.17) is 0 Å². The summed E-state index contributed by atoms with van der Waals surface area (Å²) in [7, 11) is 0. The third kappa shape index (κ3) is 3.80. The first-order chi connectivity index (χ1) is 8.38. The summed E-state index contributed by atoms with van der Waals surface area (Å²) in [5.41, 5.74) is 4.05. The molecule has 0 atom stereocenters. The molecule has 3 aromatic carbocycles. The van der Waals surface area contributed by atoms with E-state index in [0.29, 0.717) is 0 Å². The SMILES string of the molecule is CCc1cc2c(-c3ccccc3)cccc2[cH-]1.[Br-].[Cl-].[Ti+3]. The Hall–Kier alpha value is -0.466. The van der Waals surface area contributed by atoms with Gasteiger partial charge in [-0.2, -0.15) is 6.07 Å². The Kier molecular flexibility index (Phi) is 8.54. The van der Waals surface area contributed by atoms with Crippen LogP contribution in [0.1, 0.15) is 12.5 Å². The Labute approximate surface area is 152 Å². The van der Waals surface area contributed by atoms with E-state index >= 15 is 0 Å². The molecule has 0 bridgehead atoms. The minimum Gasteiger partial charge on any atom is -1.00 e. The van der Waals surface area contributed by atoms with Crippen LogP contribution in [-0.2, 0) is 28.1 Å². The van der Waals surface area contributed by atoms with Crippen molar-refractivity contribution in [3.05, 3.63) is 66.2 Å². The molecule has 0 nitrogen and oxygen atoms in total. The van der Waals surface area contributed by atoms with E-state index in [2.05, 4.69) is 67.6 Å². The molecule has 0 spiro atoms. The normalized spacial score (nSPS) is 9.25. The average molecular weight is 383 g/mol. The first kappa shape index (κ1) is 19.5. The Bertz CT molecular complexity index is 646. The number of halogens is 2. The van der Waals surface area contributed by atoms with E-state index in [0.717, 1.165) is 6.42 Å². The molecule has 0 aromatic heterocycles. The molecule has 0 amide bonds. The molecule has 20 heavy (non-hydrogen) atoms. The molecule has 0 aliphatic carbocycles. The third-order valence-corrected chi connectivity index (χ3v) is 3.30. The molecule has 1 radical (unpaired) electrons. The zero-order valence-electron chi connectivity index (χ0n) is 11.2. The van der Waals surface area contributed by atoms with Crippen molar-refractivity contribution in [2.24, 2.45) is 0 Å². The number of aryl methyl sites for hydroxylation is 1. The summed E-state index contributed by atoms with van der Waals surface area (Å²) >= 11 is 0. The molecule has 0 fully saturated rings. The zero-order valence-corrected chi connectivity index (χ0v) is 15.1. The Morgan fingerprint density at radius 2 is 1.65 bits per heavy atom. The summed E-state index contributed by atoms with van der Waals surface area (Å²) in [6, 6.07) is 21.8. The van der Waals surface area contributed by atoms with Gasteiger partial charge in [-0.1, -0.05) is 48.9 Å². The summed E-state index contributed by atoms with van der Waals surface area (Å²) in [6.45, 7) is 2.20. The van der Waals surface area contributed by atoms with Crippen molar-refractivity contribution in [2.75, 3.05) is 0 Å². The van der Waals surface area contributed by atoms with Crippen LogP contribution in [-0.4, -0.2) is 0 Å². The number of rotatable bonds is 2. The van der Waals surface area contributed by atoms with Crippen LogP contribution in [0, 0.1) is 0 Å². The van der Waals surface area contributed by atoms with Crippen molar-refractivity contribution >= 4 is 10.8 Å². The molecule has 0 aliphatic rings. The summed E-state index contributed by atoms with van der Waals surface area (Å²) in [4.78, 5) is 0. The molecule has 0 saturated carbocycles. The topological polar surface area (TPSA) is 0 Å². The van der Waals surface area contributed by atoms with E-state index in [1.165, 1.54) is 27.5 Å². The van der Waals surface area contributed by atoms with Crippen LogP contribution >= 0.6 is 0 Å². The Balaban J connectivity index is 0.00000120. The maximum absolute atomic E-state index is 2.32. The Morgan fingerprint density at radius 1 is 0.950 bits per heavy atom. The van der Waals surface area contributed by atoms with Gasteiger partial charge in [0.25, 0.3) is 0 Å². The van der Waals surface area contributed by atoms with Gasteiger partial charge in [0.05, 0.1) is 0 Å². The molecule has 0 aliphatic heterocycles. The second-order valence-corrected chi connectivity index (χ2v) is 4.39. The zero-order chi connectivity index (χ0) is 11.7. The van der Waals surface area contributed by atoms with Gasteiger partial charge in [-0.25, -0.2) is 0 Å². The molecule has 0 N–H and O–H groups in total. The van der Waals surface area contributed by atoms with E-state index in [-0.39, 0.29) is 51.1 Å². The molecule has 0 saturated heterocycles. The van der Waals surface area contributed by atoms with E-state index < -0.39 is 0 Å². The monoisotopic (exact) mass is 381 g/mol. The van der Waals surface area contributed by atoms with Gasteiger partial charge in [-0.3, -0.25) is 0 Å². The smallest absolute Gasteiger partial charge is 1.00 e. The van der Waals surface area contributed by atoms with Gasteiger partial charge < -0.3 is 29.4 Å². The summed E-state index contributed by atoms with van der Waals surface area (Å²) in [6.07, 6.45) is 1.10. The fraction of sp³-hybridized carbons (Fsp3) is 0.118. The minimum atomic E-state index is 0. The first-order valence-electron chi connectivity index (χ1n) is 6.12. The maximum Gasteiger partial charge on any atom is 3.00 e. The fourth-order valence-electron chi connectivity index (χ4n) is 2.37. The number of benzene rings is 2. The van der Waals surface area contributed by atoms with Crippen LogP contribution < -0.4 is 29.4 Å². The number of fused-ring (bicyclic) bond motifs is 1. The standard InChI is InChI=1S/C17H15.BrH.ClH.Ti/c1-2-13-11-15-9-6-10-16(17(15)12-13)14-7-4-3-5-8-14;;;/h3-12H,2H2,1H3;2*1H;/q-1;;;+3/p-2. The van der Waals surface area contributed by atoms with Gasteiger partial charge in [0.2, 0.25) is 0 Å². The summed E-state index contributed by atoms with van der Waals surface area (Å²) < 4.78 is 0. The van der Waals surface area contributed by atoms with Crippen LogP contribution in [0.25, 0.3) is 21.9 Å². The quantitative estimate of drug-likeness (QED) is 0.386. The van der Waals surface area contributed by atoms with E-state index in [1.54, 1.807) is 0 Å². The van der Waals surface area contributed by atoms with Crippen molar-refractivity contribution in [2.45, 2.75) is 13.3 Å². The molecular weight excluding hydrogens is 367 g/mol. The largest absolute Gasteiger partial charge is 3.00 e. The second kappa shape index (κ2) is 8.74. The molecule has 3 heteroatoms. The third-order valence-electron chi connectivity index (χ3n) is 3.30. The van der Waals surface area contributed by atoms with Crippen molar-refractivity contribution in [1.29, 1.82) is 0 Å². The van der Waals surface area contributed by atoms with E-state index in [1.807, 2.05) is 0 Å². The Morgan fingerprint density at radius 3 is 2.30 bits per heavy atom. The van der Waals surface area contributed by atoms with Crippen molar-refractivity contribution in [3.63, 3.8) is 0 Å². The average Bonchev–Trinajstić information content (AvgIpc) is 2.82. The van der Waals surface area contributed by atoms with Crippen molar-refractivity contribution in [3.8, 4) is 11.1 Å².